The van der Waals surface area contributed by atoms with Gasteiger partial charge in [-0.05, 0) is 43.7 Å². The molecule has 3 aromatic rings. The van der Waals surface area contributed by atoms with E-state index >= 15 is 0 Å². The van der Waals surface area contributed by atoms with E-state index in [2.05, 4.69) is 5.32 Å². The standard InChI is InChI=1S/C30H30N2O7S.Rb/c1-3-4-11-19(2)32-23(27(31)34)18-40-30(37)22-14-7-10-17-26(22)39-29(36)21-13-6-9-16-25(21)38-28(35)20-12-5-8-15-24(20)33;/h5-17,23,32-33H,3-4,18H2,1-2H3,(H2,31,34);/q;+1/p-1/b19-11+;. The van der Waals surface area contributed by atoms with E-state index < -0.39 is 34.8 Å². The van der Waals surface area contributed by atoms with Crippen molar-refractivity contribution in [3.8, 4) is 17.2 Å². The molecule has 1 unspecified atom stereocenters. The minimum absolute atomic E-state index is 0. The van der Waals surface area contributed by atoms with Crippen LogP contribution in [0.15, 0.2) is 84.6 Å². The zero-order valence-electron chi connectivity index (χ0n) is 23.0. The summed E-state index contributed by atoms with van der Waals surface area (Å²) in [7, 11) is 0. The van der Waals surface area contributed by atoms with Gasteiger partial charge in [0.05, 0.1) is 11.1 Å². The van der Waals surface area contributed by atoms with E-state index in [9.17, 15) is 24.3 Å². The maximum atomic E-state index is 13.1. The summed E-state index contributed by atoms with van der Waals surface area (Å²) in [6, 6.07) is 16.8. The third-order valence-electron chi connectivity index (χ3n) is 5.59. The Morgan fingerprint density at radius 3 is 1.98 bits per heavy atom. The van der Waals surface area contributed by atoms with Gasteiger partial charge in [-0.3, -0.25) is 9.59 Å². The molecule has 0 radical (unpaired) electrons. The van der Waals surface area contributed by atoms with Crippen molar-refractivity contribution >= 4 is 34.7 Å². The van der Waals surface area contributed by atoms with Gasteiger partial charge >= 0.3 is 70.1 Å². The number of allylic oxidation sites excluding steroid dienone is 2. The number of nitrogens with two attached hydrogens (primary N) is 1. The Labute approximate surface area is 291 Å². The fourth-order valence-electron chi connectivity index (χ4n) is 3.52. The normalized spacial score (nSPS) is 11.5. The molecule has 1 atom stereocenters. The maximum absolute atomic E-state index is 13.1. The average Bonchev–Trinajstić information content (AvgIpc) is 2.94. The number of ether oxygens (including phenoxy) is 2. The number of benzene rings is 3. The molecule has 0 saturated carbocycles. The van der Waals surface area contributed by atoms with Crippen LogP contribution in [0.1, 0.15) is 57.8 Å². The molecule has 0 heterocycles. The van der Waals surface area contributed by atoms with Crippen molar-refractivity contribution in [2.75, 3.05) is 5.75 Å². The van der Waals surface area contributed by atoms with Gasteiger partial charge in [0.25, 0.3) is 0 Å². The van der Waals surface area contributed by atoms with E-state index in [1.807, 2.05) is 19.9 Å². The number of para-hydroxylation sites is 3. The van der Waals surface area contributed by atoms with E-state index in [1.54, 1.807) is 24.3 Å². The van der Waals surface area contributed by atoms with Crippen LogP contribution in [0, 0.1) is 0 Å². The van der Waals surface area contributed by atoms with Gasteiger partial charge in [0, 0.05) is 11.4 Å². The van der Waals surface area contributed by atoms with Crippen molar-refractivity contribution in [2.24, 2.45) is 5.73 Å². The van der Waals surface area contributed by atoms with E-state index in [0.29, 0.717) is 0 Å². The summed E-state index contributed by atoms with van der Waals surface area (Å²) >= 11 is 0.860. The average molecular weight is 647 g/mol. The number of thioether (sulfide) groups is 1. The second kappa shape index (κ2) is 17.3. The molecule has 3 aromatic carbocycles. The quantitative estimate of drug-likeness (QED) is 0.219. The minimum atomic E-state index is -0.921. The number of carbonyl (C=O) groups excluding carboxylic acids is 4. The molecule has 0 fully saturated rings. The zero-order chi connectivity index (χ0) is 29.1. The van der Waals surface area contributed by atoms with Crippen LogP contribution in [0.3, 0.4) is 0 Å². The molecule has 208 valence electrons. The van der Waals surface area contributed by atoms with Crippen molar-refractivity contribution in [3.05, 3.63) is 101 Å². The first-order valence-corrected chi connectivity index (χ1v) is 13.5. The molecule has 0 aliphatic rings. The van der Waals surface area contributed by atoms with Crippen LogP contribution in [0.5, 0.6) is 17.2 Å². The summed E-state index contributed by atoms with van der Waals surface area (Å²) in [5, 5.41) is 14.6. The van der Waals surface area contributed by atoms with Crippen LogP contribution in [0.2, 0.25) is 0 Å². The van der Waals surface area contributed by atoms with E-state index in [1.165, 1.54) is 48.5 Å². The molecule has 3 rings (SSSR count). The number of unbranched alkanes of at least 4 members (excludes halogenated alkanes) is 1. The molecule has 0 saturated heterocycles. The predicted octanol–water partition coefficient (Wildman–Crippen LogP) is 1.22. The van der Waals surface area contributed by atoms with Crippen LogP contribution in [0.4, 0.5) is 0 Å². The van der Waals surface area contributed by atoms with Gasteiger partial charge in [-0.2, -0.15) is 0 Å². The number of hydrogen-bond acceptors (Lipinski definition) is 9. The summed E-state index contributed by atoms with van der Waals surface area (Å²) in [5.74, 6) is -2.98. The SMILES string of the molecule is CCC/C=C(\C)NC(CSC(=O)c1ccccc1OC(=O)c1ccccc1OC(=O)c1ccccc1[O-])C(N)=O.[Rb+]. The number of carbonyl (C=O) groups is 4. The topological polar surface area (TPSA) is 148 Å². The van der Waals surface area contributed by atoms with Gasteiger partial charge in [-0.15, -0.1) is 0 Å². The largest absolute Gasteiger partial charge is 1.00 e. The predicted molar refractivity (Wildman–Crippen MR) is 150 cm³/mol. The Kier molecular flexibility index (Phi) is 14.5. The van der Waals surface area contributed by atoms with Crippen molar-refractivity contribution in [1.82, 2.24) is 5.32 Å². The number of rotatable bonds is 12. The summed E-state index contributed by atoms with van der Waals surface area (Å²) in [6.45, 7) is 3.86. The number of primary amides is 1. The number of esters is 2. The third kappa shape index (κ3) is 10.2. The van der Waals surface area contributed by atoms with Gasteiger partial charge < -0.3 is 25.6 Å². The molecule has 9 nitrogen and oxygen atoms in total. The molecule has 0 aromatic heterocycles. The first-order valence-electron chi connectivity index (χ1n) is 12.5. The molecule has 0 spiro atoms. The van der Waals surface area contributed by atoms with Crippen LogP contribution in [-0.2, 0) is 4.79 Å². The summed E-state index contributed by atoms with van der Waals surface area (Å²) < 4.78 is 10.9. The molecular formula is C30H29N2O7RbS. The second-order valence-corrected chi connectivity index (χ2v) is 9.63. The summed E-state index contributed by atoms with van der Waals surface area (Å²) in [4.78, 5) is 50.6. The molecule has 0 aliphatic heterocycles. The van der Waals surface area contributed by atoms with Gasteiger partial charge in [0.1, 0.15) is 23.1 Å². The molecule has 3 N–H and O–H groups in total. The van der Waals surface area contributed by atoms with Gasteiger partial charge in [-0.25, -0.2) is 9.59 Å². The molecule has 0 aliphatic carbocycles. The molecule has 0 bridgehead atoms. The van der Waals surface area contributed by atoms with Crippen molar-refractivity contribution in [1.29, 1.82) is 0 Å². The zero-order valence-corrected chi connectivity index (χ0v) is 28.8. The van der Waals surface area contributed by atoms with E-state index in [0.717, 1.165) is 30.3 Å². The van der Waals surface area contributed by atoms with Gasteiger partial charge in [0.2, 0.25) is 11.0 Å². The smallest absolute Gasteiger partial charge is 0.872 e. The Balaban J connectivity index is 0.00000588. The number of hydrogen-bond donors (Lipinski definition) is 2. The monoisotopic (exact) mass is 646 g/mol. The molecular weight excluding hydrogens is 618 g/mol. The Bertz CT molecular complexity index is 1430. The summed E-state index contributed by atoms with van der Waals surface area (Å²) in [6.07, 6.45) is 3.74. The van der Waals surface area contributed by atoms with Crippen molar-refractivity contribution in [3.63, 3.8) is 0 Å². The second-order valence-electron chi connectivity index (χ2n) is 8.64. The Morgan fingerprint density at radius 2 is 1.39 bits per heavy atom. The molecule has 11 heteroatoms. The minimum Gasteiger partial charge on any atom is -0.872 e. The fourth-order valence-corrected chi connectivity index (χ4v) is 4.41. The van der Waals surface area contributed by atoms with Gasteiger partial charge in [-0.1, -0.05) is 79.4 Å². The fraction of sp³-hybridized carbons (Fsp3) is 0.200. The van der Waals surface area contributed by atoms with E-state index in [4.69, 9.17) is 15.2 Å². The Morgan fingerprint density at radius 1 is 0.878 bits per heavy atom. The van der Waals surface area contributed by atoms with Crippen LogP contribution in [-0.4, -0.2) is 34.8 Å². The van der Waals surface area contributed by atoms with Crippen LogP contribution >= 0.6 is 11.8 Å². The van der Waals surface area contributed by atoms with E-state index in [-0.39, 0.29) is 92.1 Å². The van der Waals surface area contributed by atoms with Crippen molar-refractivity contribution in [2.45, 2.75) is 32.7 Å². The van der Waals surface area contributed by atoms with Crippen LogP contribution in [0.25, 0.3) is 0 Å². The van der Waals surface area contributed by atoms with Crippen molar-refractivity contribution < 1.29 is 91.9 Å². The number of nitrogens with one attached hydrogen (secondary N) is 1. The first-order chi connectivity index (χ1) is 19.2. The maximum Gasteiger partial charge on any atom is 1.00 e. The Hall–Kier alpha value is -2.76. The summed E-state index contributed by atoms with van der Waals surface area (Å²) in [5.41, 5.74) is 6.14. The third-order valence-corrected chi connectivity index (χ3v) is 6.57. The molecule has 1 amide bonds. The van der Waals surface area contributed by atoms with Gasteiger partial charge in [0.15, 0.2) is 0 Å². The number of amides is 1. The molecule has 41 heavy (non-hydrogen) atoms. The van der Waals surface area contributed by atoms with Crippen LogP contribution < -0.4 is 83.8 Å². The first kappa shape index (κ1) is 34.4.